The van der Waals surface area contributed by atoms with Crippen LogP contribution in [0.4, 0.5) is 0 Å². The third kappa shape index (κ3) is 2.80. The second-order valence-electron chi connectivity index (χ2n) is 5.72. The molecule has 2 aliphatic rings. The van der Waals surface area contributed by atoms with Crippen molar-refractivity contribution in [3.05, 3.63) is 29.6 Å². The molecular formula is C16H22N2O3. The van der Waals surface area contributed by atoms with E-state index in [9.17, 15) is 4.79 Å². The highest BCUT2D eigenvalue weighted by molar-refractivity contribution is 5.94. The Bertz CT molecular complexity index is 520. The van der Waals surface area contributed by atoms with Crippen LogP contribution in [-0.2, 0) is 9.47 Å². The summed E-state index contributed by atoms with van der Waals surface area (Å²) in [7, 11) is 0. The monoisotopic (exact) mass is 290 g/mol. The summed E-state index contributed by atoms with van der Waals surface area (Å²) in [5, 5.41) is 0. The molecule has 114 valence electrons. The van der Waals surface area contributed by atoms with Crippen LogP contribution in [0.1, 0.15) is 35.7 Å². The van der Waals surface area contributed by atoms with Crippen molar-refractivity contribution in [1.82, 2.24) is 9.88 Å². The number of carbonyl (C=O) groups is 1. The number of ether oxygens (including phenoxy) is 2. The minimum atomic E-state index is 0.0143. The van der Waals surface area contributed by atoms with Gasteiger partial charge in [-0.05, 0) is 38.3 Å². The second kappa shape index (κ2) is 6.12. The number of pyridine rings is 1. The van der Waals surface area contributed by atoms with Crippen LogP contribution in [0.25, 0.3) is 0 Å². The van der Waals surface area contributed by atoms with E-state index in [1.165, 1.54) is 0 Å². The van der Waals surface area contributed by atoms with Gasteiger partial charge in [-0.15, -0.1) is 0 Å². The van der Waals surface area contributed by atoms with Crippen molar-refractivity contribution in [2.45, 2.75) is 44.9 Å². The van der Waals surface area contributed by atoms with E-state index in [1.807, 2.05) is 24.8 Å². The third-order valence-corrected chi connectivity index (χ3v) is 4.30. The van der Waals surface area contributed by atoms with Crippen LogP contribution < -0.4 is 0 Å². The summed E-state index contributed by atoms with van der Waals surface area (Å²) in [5.41, 5.74) is 1.67. The van der Waals surface area contributed by atoms with Gasteiger partial charge in [0, 0.05) is 25.5 Å². The minimum absolute atomic E-state index is 0.0143. The average Bonchev–Trinajstić information content (AvgIpc) is 2.90. The van der Waals surface area contributed by atoms with Crippen molar-refractivity contribution < 1.29 is 14.3 Å². The molecule has 1 saturated heterocycles. The number of rotatable bonds is 3. The molecule has 0 spiro atoms. The van der Waals surface area contributed by atoms with Crippen LogP contribution >= 0.6 is 0 Å². The summed E-state index contributed by atoms with van der Waals surface area (Å²) < 4.78 is 11.6. The number of aromatic nitrogens is 1. The van der Waals surface area contributed by atoms with Gasteiger partial charge in [0.2, 0.25) is 0 Å². The molecule has 0 bridgehead atoms. The minimum Gasteiger partial charge on any atom is -0.376 e. The molecular weight excluding hydrogens is 268 g/mol. The van der Waals surface area contributed by atoms with Crippen LogP contribution in [0.3, 0.4) is 0 Å². The second-order valence-corrected chi connectivity index (χ2v) is 5.72. The zero-order valence-electron chi connectivity index (χ0n) is 12.6. The Morgan fingerprint density at radius 1 is 1.48 bits per heavy atom. The molecule has 3 rings (SSSR count). The summed E-state index contributed by atoms with van der Waals surface area (Å²) in [5.74, 6) is 0.0571. The number of nitrogens with zero attached hydrogens (tertiary/aromatic N) is 2. The Hall–Kier alpha value is -1.46. The van der Waals surface area contributed by atoms with Gasteiger partial charge in [-0.1, -0.05) is 0 Å². The van der Waals surface area contributed by atoms with Crippen LogP contribution in [0.2, 0.25) is 0 Å². The van der Waals surface area contributed by atoms with E-state index in [4.69, 9.17) is 9.47 Å². The normalized spacial score (nSPS) is 28.5. The molecule has 2 fully saturated rings. The van der Waals surface area contributed by atoms with Gasteiger partial charge in [0.15, 0.2) is 0 Å². The Balaban J connectivity index is 1.78. The molecule has 1 saturated carbocycles. The number of hydrogen-bond donors (Lipinski definition) is 0. The Kier molecular flexibility index (Phi) is 4.22. The van der Waals surface area contributed by atoms with E-state index in [1.54, 1.807) is 12.4 Å². The quantitative estimate of drug-likeness (QED) is 0.852. The number of morpholine rings is 1. The number of carbonyl (C=O) groups excluding carboxylic acids is 1. The van der Waals surface area contributed by atoms with Crippen LogP contribution in [-0.4, -0.2) is 53.8 Å². The van der Waals surface area contributed by atoms with Crippen molar-refractivity contribution in [3.8, 4) is 0 Å². The number of aryl methyl sites for hydroxylation is 1. The standard InChI is InChI=1S/C16H22N2O3/c1-3-20-14-5-4-13-15(14)21-7-6-18(13)16(19)12-8-11(2)9-17-10-12/h8-10,13-15H,3-7H2,1-2H3/t13-,14+,15+/m0/s1. The first kappa shape index (κ1) is 14.5. The highest BCUT2D eigenvalue weighted by Crippen LogP contribution is 2.32. The van der Waals surface area contributed by atoms with Gasteiger partial charge in [0.05, 0.1) is 24.3 Å². The highest BCUT2D eigenvalue weighted by Gasteiger charge is 2.44. The lowest BCUT2D eigenvalue weighted by Crippen LogP contribution is -2.53. The molecule has 0 N–H and O–H groups in total. The molecule has 1 aliphatic carbocycles. The van der Waals surface area contributed by atoms with E-state index >= 15 is 0 Å². The van der Waals surface area contributed by atoms with Gasteiger partial charge in [0.1, 0.15) is 6.10 Å². The summed E-state index contributed by atoms with van der Waals surface area (Å²) in [6.07, 6.45) is 5.44. The largest absolute Gasteiger partial charge is 0.376 e. The molecule has 1 aliphatic heterocycles. The maximum atomic E-state index is 12.7. The maximum Gasteiger partial charge on any atom is 0.255 e. The van der Waals surface area contributed by atoms with Gasteiger partial charge in [-0.2, -0.15) is 0 Å². The Morgan fingerprint density at radius 2 is 2.33 bits per heavy atom. The Morgan fingerprint density at radius 3 is 3.10 bits per heavy atom. The third-order valence-electron chi connectivity index (χ3n) is 4.30. The van der Waals surface area contributed by atoms with Crippen LogP contribution in [0, 0.1) is 6.92 Å². The Labute approximate surface area is 125 Å². The molecule has 2 heterocycles. The van der Waals surface area contributed by atoms with Crippen molar-refractivity contribution in [2.24, 2.45) is 0 Å². The SMILES string of the molecule is CCO[C@@H]1CC[C@H]2[C@H]1OCCN2C(=O)c1cncc(C)c1. The van der Waals surface area contributed by atoms with E-state index in [0.717, 1.165) is 18.4 Å². The smallest absolute Gasteiger partial charge is 0.255 e. The predicted molar refractivity (Wildman–Crippen MR) is 78.2 cm³/mol. The van der Waals surface area contributed by atoms with E-state index in [2.05, 4.69) is 4.98 Å². The molecule has 0 unspecified atom stereocenters. The lowest BCUT2D eigenvalue weighted by molar-refractivity contribution is -0.102. The van der Waals surface area contributed by atoms with Crippen molar-refractivity contribution in [1.29, 1.82) is 0 Å². The van der Waals surface area contributed by atoms with Crippen molar-refractivity contribution >= 4 is 5.91 Å². The summed E-state index contributed by atoms with van der Waals surface area (Å²) >= 11 is 0. The molecule has 21 heavy (non-hydrogen) atoms. The summed E-state index contributed by atoms with van der Waals surface area (Å²) in [4.78, 5) is 18.8. The van der Waals surface area contributed by atoms with Crippen molar-refractivity contribution in [3.63, 3.8) is 0 Å². The summed E-state index contributed by atoms with van der Waals surface area (Å²) in [6, 6.07) is 2.03. The van der Waals surface area contributed by atoms with Gasteiger partial charge in [-0.25, -0.2) is 0 Å². The average molecular weight is 290 g/mol. The first-order valence-electron chi connectivity index (χ1n) is 7.66. The molecule has 3 atom stereocenters. The fourth-order valence-electron chi connectivity index (χ4n) is 3.40. The van der Waals surface area contributed by atoms with E-state index in [0.29, 0.717) is 25.3 Å². The number of fused-ring (bicyclic) bond motifs is 1. The van der Waals surface area contributed by atoms with E-state index < -0.39 is 0 Å². The first-order valence-corrected chi connectivity index (χ1v) is 7.66. The van der Waals surface area contributed by atoms with Gasteiger partial charge < -0.3 is 14.4 Å². The molecule has 5 nitrogen and oxygen atoms in total. The van der Waals surface area contributed by atoms with Gasteiger partial charge >= 0.3 is 0 Å². The molecule has 1 amide bonds. The predicted octanol–water partition coefficient (Wildman–Crippen LogP) is 1.80. The topological polar surface area (TPSA) is 51.7 Å². The molecule has 0 aromatic carbocycles. The molecule has 1 aromatic heterocycles. The van der Waals surface area contributed by atoms with Gasteiger partial charge in [0.25, 0.3) is 5.91 Å². The van der Waals surface area contributed by atoms with Gasteiger partial charge in [-0.3, -0.25) is 9.78 Å². The fourth-order valence-corrected chi connectivity index (χ4v) is 3.40. The molecule has 5 heteroatoms. The lowest BCUT2D eigenvalue weighted by Gasteiger charge is -2.39. The molecule has 1 aromatic rings. The molecule has 0 radical (unpaired) electrons. The highest BCUT2D eigenvalue weighted by atomic mass is 16.5. The zero-order chi connectivity index (χ0) is 14.8. The van der Waals surface area contributed by atoms with Crippen LogP contribution in [0.15, 0.2) is 18.5 Å². The fraction of sp³-hybridized carbons (Fsp3) is 0.625. The van der Waals surface area contributed by atoms with E-state index in [-0.39, 0.29) is 24.2 Å². The number of hydrogen-bond acceptors (Lipinski definition) is 4. The lowest BCUT2D eigenvalue weighted by atomic mass is 10.1. The zero-order valence-corrected chi connectivity index (χ0v) is 12.6. The maximum absolute atomic E-state index is 12.7. The first-order chi connectivity index (χ1) is 10.2. The summed E-state index contributed by atoms with van der Waals surface area (Å²) in [6.45, 7) is 5.86. The van der Waals surface area contributed by atoms with Crippen LogP contribution in [0.5, 0.6) is 0 Å². The van der Waals surface area contributed by atoms with Crippen molar-refractivity contribution in [2.75, 3.05) is 19.8 Å². The number of amides is 1.